The number of anilines is 1. The lowest BCUT2D eigenvalue weighted by Crippen LogP contribution is -2.30. The minimum Gasteiger partial charge on any atom is -0.369 e. The highest BCUT2D eigenvalue weighted by Crippen LogP contribution is 2.49. The number of aromatic nitrogens is 3. The van der Waals surface area contributed by atoms with E-state index in [1.807, 2.05) is 30.4 Å². The molecule has 1 amide bonds. The highest BCUT2D eigenvalue weighted by molar-refractivity contribution is 6.01. The summed E-state index contributed by atoms with van der Waals surface area (Å²) in [5.74, 6) is -0.297. The molecule has 3 heterocycles. The fourth-order valence-electron chi connectivity index (χ4n) is 5.66. The van der Waals surface area contributed by atoms with Crippen molar-refractivity contribution in [2.75, 3.05) is 5.32 Å². The molecule has 0 saturated heterocycles. The summed E-state index contributed by atoms with van der Waals surface area (Å²) in [6, 6.07) is 10.2. The van der Waals surface area contributed by atoms with E-state index in [4.69, 9.17) is 5.73 Å². The van der Waals surface area contributed by atoms with Gasteiger partial charge in [0, 0.05) is 40.9 Å². The number of amides is 1. The topological polar surface area (TPSA) is 114 Å². The van der Waals surface area contributed by atoms with E-state index in [2.05, 4.69) is 27.4 Å². The first kappa shape index (κ1) is 23.3. The normalized spacial score (nSPS) is 21.9. The Morgan fingerprint density at radius 1 is 1.19 bits per heavy atom. The zero-order valence-electron chi connectivity index (χ0n) is 20.5. The Hall–Kier alpha value is -4.07. The number of Topliss-reactive ketones (excluding diaryl/α,β-unsaturated/α-hetero) is 1. The SMILES string of the molecule is CC1CC(=O)C2=C(C1)Nc1[nH]nc(C(C(N)=O)C3CC3)c1C2/C=C/c1ccc(-c2cccc(F)c2)cn1. The van der Waals surface area contributed by atoms with Gasteiger partial charge in [-0.15, -0.1) is 0 Å². The van der Waals surface area contributed by atoms with Crippen molar-refractivity contribution in [2.24, 2.45) is 17.6 Å². The maximum absolute atomic E-state index is 13.6. The second kappa shape index (κ2) is 9.10. The van der Waals surface area contributed by atoms with Crippen molar-refractivity contribution in [3.8, 4) is 11.1 Å². The number of pyridine rings is 1. The molecule has 3 atom stereocenters. The highest BCUT2D eigenvalue weighted by atomic mass is 19.1. The molecule has 2 aliphatic carbocycles. The van der Waals surface area contributed by atoms with Crippen molar-refractivity contribution < 1.29 is 14.0 Å². The van der Waals surface area contributed by atoms with E-state index in [9.17, 15) is 14.0 Å². The molecule has 4 N–H and O–H groups in total. The Kier molecular flexibility index (Phi) is 5.74. The van der Waals surface area contributed by atoms with Crippen LogP contribution in [-0.2, 0) is 9.59 Å². The summed E-state index contributed by atoms with van der Waals surface area (Å²) in [6.45, 7) is 2.07. The number of allylic oxidation sites excluding steroid dienone is 3. The van der Waals surface area contributed by atoms with Crippen LogP contribution in [0.1, 0.15) is 61.4 Å². The summed E-state index contributed by atoms with van der Waals surface area (Å²) >= 11 is 0. The van der Waals surface area contributed by atoms with Crippen LogP contribution in [-0.4, -0.2) is 26.9 Å². The molecule has 3 aromatic rings. The van der Waals surface area contributed by atoms with Crippen LogP contribution in [0, 0.1) is 17.7 Å². The van der Waals surface area contributed by atoms with E-state index in [1.54, 1.807) is 12.3 Å². The molecule has 1 aliphatic heterocycles. The van der Waals surface area contributed by atoms with Gasteiger partial charge < -0.3 is 11.1 Å². The van der Waals surface area contributed by atoms with Gasteiger partial charge in [0.1, 0.15) is 11.6 Å². The number of ketones is 1. The lowest BCUT2D eigenvalue weighted by molar-refractivity contribution is -0.120. The van der Waals surface area contributed by atoms with Crippen LogP contribution in [0.4, 0.5) is 10.2 Å². The Morgan fingerprint density at radius 2 is 2.03 bits per heavy atom. The Balaban J connectivity index is 1.38. The number of nitrogens with one attached hydrogen (secondary N) is 2. The Labute approximate surface area is 214 Å². The van der Waals surface area contributed by atoms with Crippen LogP contribution in [0.3, 0.4) is 0 Å². The van der Waals surface area contributed by atoms with Crippen LogP contribution < -0.4 is 11.1 Å². The van der Waals surface area contributed by atoms with Crippen LogP contribution in [0.15, 0.2) is 59.9 Å². The average Bonchev–Trinajstić information content (AvgIpc) is 3.61. The third-order valence-corrected chi connectivity index (χ3v) is 7.54. The smallest absolute Gasteiger partial charge is 0.226 e. The first-order chi connectivity index (χ1) is 17.9. The molecule has 0 bridgehead atoms. The van der Waals surface area contributed by atoms with Gasteiger partial charge in [-0.3, -0.25) is 19.7 Å². The minimum atomic E-state index is -0.485. The number of halogens is 1. The van der Waals surface area contributed by atoms with E-state index in [0.29, 0.717) is 23.6 Å². The average molecular weight is 498 g/mol. The predicted molar refractivity (Wildman–Crippen MR) is 139 cm³/mol. The van der Waals surface area contributed by atoms with Gasteiger partial charge in [0.15, 0.2) is 5.78 Å². The summed E-state index contributed by atoms with van der Waals surface area (Å²) in [5, 5.41) is 11.0. The molecule has 7 nitrogen and oxygen atoms in total. The summed E-state index contributed by atoms with van der Waals surface area (Å²) in [5.41, 5.74) is 11.1. The van der Waals surface area contributed by atoms with Gasteiger partial charge in [-0.25, -0.2) is 4.39 Å². The first-order valence-electron chi connectivity index (χ1n) is 12.7. The molecular formula is C29H28FN5O2. The number of rotatable bonds is 6. The minimum absolute atomic E-state index is 0.102. The number of nitrogens with zero attached hydrogens (tertiary/aromatic N) is 2. The van der Waals surface area contributed by atoms with Gasteiger partial charge in [-0.05, 0) is 60.9 Å². The summed E-state index contributed by atoms with van der Waals surface area (Å²) < 4.78 is 13.6. The van der Waals surface area contributed by atoms with Crippen molar-refractivity contribution in [1.29, 1.82) is 0 Å². The number of aromatic amines is 1. The molecule has 1 saturated carbocycles. The van der Waals surface area contributed by atoms with Gasteiger partial charge in [0.2, 0.25) is 5.91 Å². The fraction of sp³-hybridized carbons (Fsp3) is 0.310. The quantitative estimate of drug-likeness (QED) is 0.440. The molecule has 3 aliphatic rings. The molecule has 1 fully saturated rings. The Morgan fingerprint density at radius 3 is 2.73 bits per heavy atom. The summed E-state index contributed by atoms with van der Waals surface area (Å²) in [4.78, 5) is 30.3. The molecule has 3 unspecified atom stereocenters. The van der Waals surface area contributed by atoms with Crippen LogP contribution in [0.2, 0.25) is 0 Å². The largest absolute Gasteiger partial charge is 0.369 e. The first-order valence-corrected chi connectivity index (χ1v) is 12.7. The number of H-pyrrole nitrogens is 1. The zero-order valence-corrected chi connectivity index (χ0v) is 20.5. The van der Waals surface area contributed by atoms with Crippen LogP contribution in [0.25, 0.3) is 17.2 Å². The summed E-state index contributed by atoms with van der Waals surface area (Å²) in [6.07, 6.45) is 8.69. The van der Waals surface area contributed by atoms with Gasteiger partial charge in [0.25, 0.3) is 0 Å². The predicted octanol–water partition coefficient (Wildman–Crippen LogP) is 5.07. The fourth-order valence-corrected chi connectivity index (χ4v) is 5.66. The van der Waals surface area contributed by atoms with Crippen molar-refractivity contribution in [3.63, 3.8) is 0 Å². The van der Waals surface area contributed by atoms with Crippen molar-refractivity contribution >= 4 is 23.6 Å². The zero-order chi connectivity index (χ0) is 25.7. The molecular weight excluding hydrogens is 469 g/mol. The number of hydrogen-bond donors (Lipinski definition) is 3. The second-order valence-electron chi connectivity index (χ2n) is 10.4. The third-order valence-electron chi connectivity index (χ3n) is 7.54. The molecule has 2 aromatic heterocycles. The number of primary amides is 1. The summed E-state index contributed by atoms with van der Waals surface area (Å²) in [7, 11) is 0. The number of fused-ring (bicyclic) bond motifs is 1. The molecule has 37 heavy (non-hydrogen) atoms. The van der Waals surface area contributed by atoms with Crippen molar-refractivity contribution in [1.82, 2.24) is 15.2 Å². The third kappa shape index (κ3) is 4.37. The molecule has 6 rings (SSSR count). The second-order valence-corrected chi connectivity index (χ2v) is 10.4. The van der Waals surface area contributed by atoms with E-state index < -0.39 is 11.8 Å². The highest BCUT2D eigenvalue weighted by Gasteiger charge is 2.44. The Bertz CT molecular complexity index is 1450. The molecule has 0 radical (unpaired) electrons. The number of benzene rings is 1. The van der Waals surface area contributed by atoms with E-state index in [1.165, 1.54) is 12.1 Å². The maximum Gasteiger partial charge on any atom is 0.226 e. The number of carbonyl (C=O) groups excluding carboxylic acids is 2. The van der Waals surface area contributed by atoms with Crippen molar-refractivity contribution in [2.45, 2.75) is 44.4 Å². The van der Waals surface area contributed by atoms with E-state index in [-0.39, 0.29) is 29.4 Å². The standard InChI is InChI=1S/C29H28FN5O2/c1-15-11-22-25(23(36)12-15)21(26-27(34-35-29(26)33-22)24(28(31)37)16-5-6-16)10-9-20-8-7-18(14-32-20)17-3-2-4-19(30)13-17/h2-4,7-10,13-16,21,24H,5-6,11-12H2,1H3,(H2,31,37)(H2,33,34,35)/b10-9+. The van der Waals surface area contributed by atoms with Gasteiger partial charge in [-0.1, -0.05) is 31.2 Å². The molecule has 8 heteroatoms. The lowest BCUT2D eigenvalue weighted by atomic mass is 9.75. The molecule has 188 valence electrons. The number of nitrogens with two attached hydrogens (primary N) is 1. The monoisotopic (exact) mass is 497 g/mol. The van der Waals surface area contributed by atoms with Gasteiger partial charge in [0.05, 0.1) is 17.3 Å². The van der Waals surface area contributed by atoms with Crippen LogP contribution in [0.5, 0.6) is 0 Å². The number of hydrogen-bond acceptors (Lipinski definition) is 5. The van der Waals surface area contributed by atoms with Gasteiger partial charge >= 0.3 is 0 Å². The maximum atomic E-state index is 13.6. The number of carbonyl (C=O) groups is 2. The van der Waals surface area contributed by atoms with E-state index in [0.717, 1.165) is 47.2 Å². The van der Waals surface area contributed by atoms with Crippen molar-refractivity contribution in [3.05, 3.63) is 82.7 Å². The van der Waals surface area contributed by atoms with Crippen LogP contribution >= 0.6 is 0 Å². The lowest BCUT2D eigenvalue weighted by Gasteiger charge is -2.33. The van der Waals surface area contributed by atoms with E-state index >= 15 is 0 Å². The molecule has 0 spiro atoms. The molecule has 1 aromatic carbocycles. The van der Waals surface area contributed by atoms with Gasteiger partial charge in [-0.2, -0.15) is 5.10 Å².